The minimum Gasteiger partial charge on any atom is -0.493 e. The highest BCUT2D eigenvalue weighted by Crippen LogP contribution is 2.35. The van der Waals surface area contributed by atoms with Crippen molar-refractivity contribution in [1.29, 1.82) is 0 Å². The second kappa shape index (κ2) is 9.42. The lowest BCUT2D eigenvalue weighted by molar-refractivity contribution is 0.0721. The zero-order chi connectivity index (χ0) is 21.8. The van der Waals surface area contributed by atoms with Crippen molar-refractivity contribution in [3.05, 3.63) is 48.9 Å². The molecule has 0 spiro atoms. The number of H-pyrrole nitrogens is 1. The van der Waals surface area contributed by atoms with Gasteiger partial charge in [0.25, 0.3) is 0 Å². The number of aromatic nitrogens is 3. The summed E-state index contributed by atoms with van der Waals surface area (Å²) in [5, 5.41) is 8.91. The molecule has 0 saturated carbocycles. The molecular weight excluding hydrogens is 406 g/mol. The van der Waals surface area contributed by atoms with E-state index in [4.69, 9.17) is 14.2 Å². The normalized spacial score (nSPS) is 16.3. The molecule has 1 atom stereocenters. The highest BCUT2D eigenvalue weighted by Gasteiger charge is 2.15. The maximum Gasteiger partial charge on any atom is 0.163 e. The van der Waals surface area contributed by atoms with Crippen LogP contribution in [0.4, 0.5) is 11.5 Å². The van der Waals surface area contributed by atoms with Crippen LogP contribution in [-0.4, -0.2) is 54.5 Å². The Hall–Kier alpha value is -3.36. The molecule has 0 radical (unpaired) electrons. The van der Waals surface area contributed by atoms with E-state index in [1.54, 1.807) is 13.4 Å². The van der Waals surface area contributed by atoms with Crippen LogP contribution in [0.1, 0.15) is 12.8 Å². The number of methoxy groups -OCH3 is 1. The summed E-state index contributed by atoms with van der Waals surface area (Å²) < 4.78 is 17.2. The molecule has 5 rings (SSSR count). The van der Waals surface area contributed by atoms with E-state index in [0.29, 0.717) is 30.0 Å². The van der Waals surface area contributed by atoms with Crippen molar-refractivity contribution in [3.63, 3.8) is 0 Å². The molecule has 1 unspecified atom stereocenters. The number of ether oxygens (including phenoxy) is 3. The molecule has 1 aliphatic rings. The van der Waals surface area contributed by atoms with Crippen LogP contribution in [0.2, 0.25) is 0 Å². The van der Waals surface area contributed by atoms with Gasteiger partial charge in [0.05, 0.1) is 43.7 Å². The van der Waals surface area contributed by atoms with Crippen LogP contribution < -0.4 is 20.1 Å². The number of benzene rings is 2. The Kier molecular flexibility index (Phi) is 6.04. The first-order valence-corrected chi connectivity index (χ1v) is 10.9. The van der Waals surface area contributed by atoms with E-state index >= 15 is 0 Å². The third-order valence-electron chi connectivity index (χ3n) is 5.71. The average Bonchev–Trinajstić information content (AvgIpc) is 3.32. The maximum absolute atomic E-state index is 6.05. The molecule has 1 saturated heterocycles. The summed E-state index contributed by atoms with van der Waals surface area (Å²) in [5.74, 6) is 2.06. The number of nitrogens with zero attached hydrogens (tertiary/aromatic N) is 2. The zero-order valence-corrected chi connectivity index (χ0v) is 18.1. The lowest BCUT2D eigenvalue weighted by Gasteiger charge is -2.23. The molecule has 2 aromatic heterocycles. The minimum atomic E-state index is 0.399. The topological polar surface area (TPSA) is 93.3 Å². The number of morpholine rings is 1. The van der Waals surface area contributed by atoms with Crippen LogP contribution >= 0.6 is 0 Å². The average molecular weight is 434 g/mol. The summed E-state index contributed by atoms with van der Waals surface area (Å²) in [4.78, 5) is 12.2. The molecule has 0 aliphatic carbocycles. The molecule has 8 nitrogen and oxygen atoms in total. The smallest absolute Gasteiger partial charge is 0.163 e. The highest BCUT2D eigenvalue weighted by atomic mass is 16.5. The number of anilines is 2. The Morgan fingerprint density at radius 1 is 1.19 bits per heavy atom. The molecule has 0 amide bonds. The molecule has 1 fully saturated rings. The SMILES string of the molecule is COc1cc2c(Nc3cccc4cc[nH]c34)ncnc2cc1OCCCC1COCCN1. The summed E-state index contributed by atoms with van der Waals surface area (Å²) in [5.41, 5.74) is 2.77. The van der Waals surface area contributed by atoms with Gasteiger partial charge < -0.3 is 29.8 Å². The van der Waals surface area contributed by atoms with Crippen LogP contribution in [0.3, 0.4) is 0 Å². The Labute approximate surface area is 186 Å². The molecule has 4 aromatic rings. The van der Waals surface area contributed by atoms with Crippen molar-refractivity contribution in [1.82, 2.24) is 20.3 Å². The summed E-state index contributed by atoms with van der Waals surface area (Å²) in [6.07, 6.45) is 5.43. The van der Waals surface area contributed by atoms with Crippen molar-refractivity contribution in [3.8, 4) is 11.5 Å². The van der Waals surface area contributed by atoms with Crippen molar-refractivity contribution < 1.29 is 14.2 Å². The number of aromatic amines is 1. The lowest BCUT2D eigenvalue weighted by atomic mass is 10.1. The fraction of sp³-hybridized carbons (Fsp3) is 0.333. The van der Waals surface area contributed by atoms with Gasteiger partial charge in [-0.2, -0.15) is 0 Å². The van der Waals surface area contributed by atoms with Crippen LogP contribution in [0.5, 0.6) is 11.5 Å². The molecular formula is C24H27N5O3. The Balaban J connectivity index is 1.34. The minimum absolute atomic E-state index is 0.399. The first-order valence-electron chi connectivity index (χ1n) is 10.9. The van der Waals surface area contributed by atoms with E-state index in [2.05, 4.69) is 31.7 Å². The molecule has 32 heavy (non-hydrogen) atoms. The molecule has 3 heterocycles. The first-order chi connectivity index (χ1) is 15.8. The second-order valence-corrected chi connectivity index (χ2v) is 7.83. The van der Waals surface area contributed by atoms with Gasteiger partial charge >= 0.3 is 0 Å². The van der Waals surface area contributed by atoms with E-state index in [-0.39, 0.29) is 0 Å². The van der Waals surface area contributed by atoms with Crippen molar-refractivity contribution in [2.24, 2.45) is 0 Å². The fourth-order valence-corrected chi connectivity index (χ4v) is 4.07. The predicted octanol–water partition coefficient (Wildman–Crippen LogP) is 4.01. The van der Waals surface area contributed by atoms with E-state index in [9.17, 15) is 0 Å². The van der Waals surface area contributed by atoms with Gasteiger partial charge in [0.2, 0.25) is 0 Å². The van der Waals surface area contributed by atoms with Gasteiger partial charge in [-0.3, -0.25) is 0 Å². The maximum atomic E-state index is 6.05. The van der Waals surface area contributed by atoms with Crippen LogP contribution in [0, 0.1) is 0 Å². The molecule has 2 aromatic carbocycles. The molecule has 1 aliphatic heterocycles. The molecule has 8 heteroatoms. The van der Waals surface area contributed by atoms with Gasteiger partial charge in [0.1, 0.15) is 12.1 Å². The Morgan fingerprint density at radius 2 is 2.16 bits per heavy atom. The molecule has 0 bridgehead atoms. The van der Waals surface area contributed by atoms with Crippen LogP contribution in [0.25, 0.3) is 21.8 Å². The summed E-state index contributed by atoms with van der Waals surface area (Å²) in [6.45, 7) is 3.08. The van der Waals surface area contributed by atoms with E-state index in [0.717, 1.165) is 60.1 Å². The van der Waals surface area contributed by atoms with Crippen molar-refractivity contribution in [2.45, 2.75) is 18.9 Å². The largest absolute Gasteiger partial charge is 0.493 e. The number of rotatable bonds is 8. The van der Waals surface area contributed by atoms with Gasteiger partial charge in [0, 0.05) is 35.6 Å². The van der Waals surface area contributed by atoms with Gasteiger partial charge in [-0.25, -0.2) is 9.97 Å². The van der Waals surface area contributed by atoms with Gasteiger partial charge in [-0.1, -0.05) is 12.1 Å². The summed E-state index contributed by atoms with van der Waals surface area (Å²) in [7, 11) is 1.65. The quantitative estimate of drug-likeness (QED) is 0.362. The predicted molar refractivity (Wildman–Crippen MR) is 125 cm³/mol. The third kappa shape index (κ3) is 4.32. The van der Waals surface area contributed by atoms with Gasteiger partial charge in [-0.05, 0) is 31.0 Å². The Morgan fingerprint density at radius 3 is 3.03 bits per heavy atom. The highest BCUT2D eigenvalue weighted by molar-refractivity contribution is 5.97. The molecule has 3 N–H and O–H groups in total. The van der Waals surface area contributed by atoms with Crippen molar-refractivity contribution >= 4 is 33.3 Å². The fourth-order valence-electron chi connectivity index (χ4n) is 4.07. The first kappa shape index (κ1) is 20.5. The number of hydrogen-bond donors (Lipinski definition) is 3. The van der Waals surface area contributed by atoms with Crippen molar-refractivity contribution in [2.75, 3.05) is 38.8 Å². The molecule has 166 valence electrons. The summed E-state index contributed by atoms with van der Waals surface area (Å²) >= 11 is 0. The number of nitrogens with one attached hydrogen (secondary N) is 3. The number of para-hydroxylation sites is 1. The summed E-state index contributed by atoms with van der Waals surface area (Å²) in [6, 6.07) is 12.4. The standard InChI is InChI=1S/C24H27N5O3/c1-30-21-12-18-20(13-22(21)32-10-3-5-17-14-31-11-9-25-17)27-15-28-24(18)29-19-6-2-4-16-7-8-26-23(16)19/h2,4,6-8,12-13,15,17,25-26H,3,5,9-11,14H2,1H3,(H,27,28,29). The van der Waals surface area contributed by atoms with Crippen LogP contribution in [0.15, 0.2) is 48.9 Å². The van der Waals surface area contributed by atoms with E-state index < -0.39 is 0 Å². The van der Waals surface area contributed by atoms with E-state index in [1.807, 2.05) is 36.5 Å². The number of fused-ring (bicyclic) bond motifs is 2. The second-order valence-electron chi connectivity index (χ2n) is 7.83. The van der Waals surface area contributed by atoms with Gasteiger partial charge in [-0.15, -0.1) is 0 Å². The third-order valence-corrected chi connectivity index (χ3v) is 5.71. The van der Waals surface area contributed by atoms with E-state index in [1.165, 1.54) is 0 Å². The van der Waals surface area contributed by atoms with Crippen LogP contribution in [-0.2, 0) is 4.74 Å². The lowest BCUT2D eigenvalue weighted by Crippen LogP contribution is -2.41. The number of hydrogen-bond acceptors (Lipinski definition) is 7. The monoisotopic (exact) mass is 433 g/mol. The van der Waals surface area contributed by atoms with Gasteiger partial charge in [0.15, 0.2) is 11.5 Å². The Bertz CT molecular complexity index is 1200. The zero-order valence-electron chi connectivity index (χ0n) is 18.1.